The molecule has 0 amide bonds. The maximum atomic E-state index is 5.92. The average Bonchev–Trinajstić information content (AvgIpc) is 2.18. The van der Waals surface area contributed by atoms with E-state index in [2.05, 4.69) is 13.2 Å². The second kappa shape index (κ2) is 6.05. The van der Waals surface area contributed by atoms with Crippen molar-refractivity contribution in [3.8, 4) is 0 Å². The smallest absolute Gasteiger partial charge is 0.108 e. The average molecular weight is 214 g/mol. The van der Waals surface area contributed by atoms with Crippen LogP contribution in [0.25, 0.3) is 0 Å². The fourth-order valence-electron chi connectivity index (χ4n) is 1.37. The minimum Gasteiger partial charge on any atom is -0.381 e. The molecule has 0 aromatic rings. The van der Waals surface area contributed by atoms with Gasteiger partial charge in [0.05, 0.1) is 13.2 Å². The Morgan fingerprint density at radius 3 is 1.47 bits per heavy atom. The Balaban J connectivity index is 4.61. The molecule has 3 heteroatoms. The second-order valence-electron chi connectivity index (χ2n) is 4.00. The summed E-state index contributed by atoms with van der Waals surface area (Å²) in [5.41, 5.74) is -1.06. The number of hydrogen-bond donors (Lipinski definition) is 0. The number of methoxy groups -OCH3 is 2. The van der Waals surface area contributed by atoms with E-state index in [0.29, 0.717) is 13.2 Å². The lowest BCUT2D eigenvalue weighted by molar-refractivity contribution is -0.137. The summed E-state index contributed by atoms with van der Waals surface area (Å²) in [6.45, 7) is 12.2. The molecule has 2 atom stereocenters. The molecule has 0 bridgehead atoms. The van der Waals surface area contributed by atoms with Crippen molar-refractivity contribution in [2.75, 3.05) is 27.4 Å². The molecule has 0 aromatic heterocycles. The van der Waals surface area contributed by atoms with Crippen LogP contribution in [0.5, 0.6) is 0 Å². The summed E-state index contributed by atoms with van der Waals surface area (Å²) in [5.74, 6) is 0. The highest BCUT2D eigenvalue weighted by atomic mass is 16.6. The molecule has 2 unspecified atom stereocenters. The van der Waals surface area contributed by atoms with E-state index in [0.717, 1.165) is 0 Å². The first-order valence-corrected chi connectivity index (χ1v) is 4.90. The van der Waals surface area contributed by atoms with Crippen LogP contribution in [0.15, 0.2) is 25.3 Å². The van der Waals surface area contributed by atoms with E-state index in [1.54, 1.807) is 26.4 Å². The van der Waals surface area contributed by atoms with Crippen LogP contribution in [0.2, 0.25) is 0 Å². The van der Waals surface area contributed by atoms with E-state index in [4.69, 9.17) is 14.2 Å². The quantitative estimate of drug-likeness (QED) is 0.580. The van der Waals surface area contributed by atoms with Crippen molar-refractivity contribution >= 4 is 0 Å². The van der Waals surface area contributed by atoms with Gasteiger partial charge in [-0.05, 0) is 13.8 Å². The van der Waals surface area contributed by atoms with Gasteiger partial charge >= 0.3 is 0 Å². The van der Waals surface area contributed by atoms with Gasteiger partial charge in [-0.15, -0.1) is 13.2 Å². The van der Waals surface area contributed by atoms with Crippen molar-refractivity contribution in [3.63, 3.8) is 0 Å². The zero-order valence-electron chi connectivity index (χ0n) is 10.2. The predicted molar refractivity (Wildman–Crippen MR) is 62.0 cm³/mol. The molecule has 0 rings (SSSR count). The van der Waals surface area contributed by atoms with Gasteiger partial charge in [0.1, 0.15) is 11.2 Å². The monoisotopic (exact) mass is 214 g/mol. The number of ether oxygens (including phenoxy) is 3. The van der Waals surface area contributed by atoms with Crippen molar-refractivity contribution in [1.82, 2.24) is 0 Å². The molecule has 0 spiro atoms. The first-order valence-electron chi connectivity index (χ1n) is 4.90. The first-order chi connectivity index (χ1) is 6.95. The highest BCUT2D eigenvalue weighted by molar-refractivity contribution is 5.02. The lowest BCUT2D eigenvalue weighted by Crippen LogP contribution is -2.44. The van der Waals surface area contributed by atoms with Crippen LogP contribution in [-0.4, -0.2) is 38.6 Å². The highest BCUT2D eigenvalue weighted by Gasteiger charge is 2.32. The van der Waals surface area contributed by atoms with Crippen LogP contribution in [0.4, 0.5) is 0 Å². The Hall–Kier alpha value is -0.640. The van der Waals surface area contributed by atoms with Crippen molar-refractivity contribution in [2.45, 2.75) is 25.0 Å². The topological polar surface area (TPSA) is 27.7 Å². The van der Waals surface area contributed by atoms with Gasteiger partial charge in [-0.1, -0.05) is 12.2 Å². The number of hydrogen-bond acceptors (Lipinski definition) is 3. The van der Waals surface area contributed by atoms with E-state index in [1.807, 2.05) is 13.8 Å². The third-order valence-electron chi connectivity index (χ3n) is 2.19. The van der Waals surface area contributed by atoms with Gasteiger partial charge in [0.15, 0.2) is 0 Å². The second-order valence-corrected chi connectivity index (χ2v) is 4.00. The molecule has 15 heavy (non-hydrogen) atoms. The van der Waals surface area contributed by atoms with Crippen LogP contribution in [0, 0.1) is 0 Å². The molecule has 0 aromatic carbocycles. The van der Waals surface area contributed by atoms with E-state index < -0.39 is 11.2 Å². The van der Waals surface area contributed by atoms with E-state index in [9.17, 15) is 0 Å². The summed E-state index contributed by atoms with van der Waals surface area (Å²) in [7, 11) is 3.26. The van der Waals surface area contributed by atoms with Gasteiger partial charge in [0.25, 0.3) is 0 Å². The Morgan fingerprint density at radius 2 is 1.27 bits per heavy atom. The van der Waals surface area contributed by atoms with Crippen molar-refractivity contribution < 1.29 is 14.2 Å². The van der Waals surface area contributed by atoms with Gasteiger partial charge < -0.3 is 14.2 Å². The zero-order valence-corrected chi connectivity index (χ0v) is 10.2. The molecule has 0 aliphatic heterocycles. The van der Waals surface area contributed by atoms with Crippen molar-refractivity contribution in [3.05, 3.63) is 25.3 Å². The molecule has 0 aliphatic carbocycles. The SMILES string of the molecule is C=CC(C)(COC)OC(C)(C=C)COC. The molecule has 0 fully saturated rings. The molecule has 0 radical (unpaired) electrons. The maximum absolute atomic E-state index is 5.92. The Labute approximate surface area is 92.7 Å². The fourth-order valence-corrected chi connectivity index (χ4v) is 1.37. The third kappa shape index (κ3) is 4.60. The van der Waals surface area contributed by atoms with Gasteiger partial charge in [-0.25, -0.2) is 0 Å². The Kier molecular flexibility index (Phi) is 5.80. The molecule has 0 saturated heterocycles. The summed E-state index contributed by atoms with van der Waals surface area (Å²) in [4.78, 5) is 0. The Bertz CT molecular complexity index is 193. The summed E-state index contributed by atoms with van der Waals surface area (Å²) < 4.78 is 16.1. The van der Waals surface area contributed by atoms with E-state index in [1.165, 1.54) is 0 Å². The molecule has 0 heterocycles. The molecule has 88 valence electrons. The van der Waals surface area contributed by atoms with Crippen LogP contribution < -0.4 is 0 Å². The van der Waals surface area contributed by atoms with E-state index >= 15 is 0 Å². The van der Waals surface area contributed by atoms with Gasteiger partial charge in [-0.3, -0.25) is 0 Å². The molecule has 0 aliphatic rings. The van der Waals surface area contributed by atoms with Crippen molar-refractivity contribution in [2.24, 2.45) is 0 Å². The lowest BCUT2D eigenvalue weighted by Gasteiger charge is -2.36. The van der Waals surface area contributed by atoms with Crippen LogP contribution >= 0.6 is 0 Å². The molecule has 0 N–H and O–H groups in total. The molecular formula is C12H22O3. The number of rotatable bonds is 8. The van der Waals surface area contributed by atoms with Crippen LogP contribution in [0.3, 0.4) is 0 Å². The van der Waals surface area contributed by atoms with Crippen molar-refractivity contribution in [1.29, 1.82) is 0 Å². The summed E-state index contributed by atoms with van der Waals surface area (Å²) in [6, 6.07) is 0. The largest absolute Gasteiger partial charge is 0.381 e. The van der Waals surface area contributed by atoms with Crippen LogP contribution in [-0.2, 0) is 14.2 Å². The Morgan fingerprint density at radius 1 is 0.933 bits per heavy atom. The summed E-state index contributed by atoms with van der Waals surface area (Å²) in [5, 5.41) is 0. The highest BCUT2D eigenvalue weighted by Crippen LogP contribution is 2.23. The minimum absolute atomic E-state index is 0.448. The van der Waals surface area contributed by atoms with Gasteiger partial charge in [-0.2, -0.15) is 0 Å². The third-order valence-corrected chi connectivity index (χ3v) is 2.19. The maximum Gasteiger partial charge on any atom is 0.108 e. The predicted octanol–water partition coefficient (Wildman–Crippen LogP) is 2.19. The van der Waals surface area contributed by atoms with E-state index in [-0.39, 0.29) is 0 Å². The fraction of sp³-hybridized carbons (Fsp3) is 0.667. The molecular weight excluding hydrogens is 192 g/mol. The zero-order chi connectivity index (χ0) is 11.9. The summed E-state index contributed by atoms with van der Waals surface area (Å²) in [6.07, 6.45) is 3.46. The molecule has 0 saturated carbocycles. The lowest BCUT2D eigenvalue weighted by atomic mass is 10.0. The summed E-state index contributed by atoms with van der Waals surface area (Å²) >= 11 is 0. The first kappa shape index (κ1) is 14.4. The van der Waals surface area contributed by atoms with Gasteiger partial charge in [0, 0.05) is 14.2 Å². The van der Waals surface area contributed by atoms with Crippen LogP contribution in [0.1, 0.15) is 13.8 Å². The normalized spacial score (nSPS) is 18.9. The standard InChI is InChI=1S/C12H22O3/c1-7-11(3,9-13-5)15-12(4,8-2)10-14-6/h7-8H,1-2,9-10H2,3-6H3. The van der Waals surface area contributed by atoms with Gasteiger partial charge in [0.2, 0.25) is 0 Å². The molecule has 3 nitrogen and oxygen atoms in total. The minimum atomic E-state index is -0.532.